The first kappa shape index (κ1) is 25.5. The zero-order valence-electron chi connectivity index (χ0n) is 17.5. The normalized spacial score (nSPS) is 11.5. The Morgan fingerprint density at radius 2 is 1.77 bits per heavy atom. The van der Waals surface area contributed by atoms with E-state index in [4.69, 9.17) is 11.6 Å². The van der Waals surface area contributed by atoms with Gasteiger partial charge in [-0.3, -0.25) is 9.69 Å². The van der Waals surface area contributed by atoms with Crippen LogP contribution < -0.4 is 4.90 Å². The van der Waals surface area contributed by atoms with Crippen LogP contribution in [0.3, 0.4) is 0 Å². The fourth-order valence-electron chi connectivity index (χ4n) is 2.88. The highest BCUT2D eigenvalue weighted by Gasteiger charge is 2.23. The van der Waals surface area contributed by atoms with E-state index in [0.717, 1.165) is 15.8 Å². The molecule has 3 aromatic rings. The summed E-state index contributed by atoms with van der Waals surface area (Å²) in [6, 6.07) is 11.9. The summed E-state index contributed by atoms with van der Waals surface area (Å²) in [4.78, 5) is 21.4. The summed E-state index contributed by atoms with van der Waals surface area (Å²) in [6.45, 7) is 3.09. The van der Waals surface area contributed by atoms with Gasteiger partial charge in [-0.25, -0.2) is 13.4 Å². The average Bonchev–Trinajstić information content (AvgIpc) is 3.09. The Balaban J connectivity index is 0.00000341. The van der Waals surface area contributed by atoms with Gasteiger partial charge in [-0.2, -0.15) is 0 Å². The van der Waals surface area contributed by atoms with Gasteiger partial charge in [-0.05, 0) is 63.0 Å². The van der Waals surface area contributed by atoms with Gasteiger partial charge in [-0.1, -0.05) is 29.0 Å². The number of carbonyl (C=O) groups is 1. The maximum atomic E-state index is 13.0. The fourth-order valence-corrected chi connectivity index (χ4v) is 5.34. The second-order valence-corrected chi connectivity index (χ2v) is 10.9. The number of halogens is 2. The van der Waals surface area contributed by atoms with E-state index in [2.05, 4.69) is 4.98 Å². The maximum Gasteiger partial charge on any atom is 0.229 e. The lowest BCUT2D eigenvalue weighted by atomic mass is 10.2. The molecule has 3 rings (SSSR count). The average molecular weight is 502 g/mol. The molecule has 0 N–H and O–H groups in total. The Morgan fingerprint density at radius 3 is 2.42 bits per heavy atom. The van der Waals surface area contributed by atoms with Gasteiger partial charge >= 0.3 is 0 Å². The Morgan fingerprint density at radius 1 is 1.10 bits per heavy atom. The molecule has 0 unspecified atom stereocenters. The standard InChI is InChI=1S/C21H24ClN3O3S2.ClH/c1-15-4-9-18-19(14-15)29-21(23-18)25(12-11-24(2)3)20(26)10-13-30(27,28)17-7-5-16(22)6-8-17;/h4-9,14H,10-13H2,1-3H3;1H. The summed E-state index contributed by atoms with van der Waals surface area (Å²) in [5.74, 6) is -0.527. The molecule has 0 aliphatic rings. The van der Waals surface area contributed by atoms with Crippen molar-refractivity contribution in [1.29, 1.82) is 0 Å². The number of hydrogen-bond acceptors (Lipinski definition) is 6. The number of likely N-dealkylation sites (N-methyl/N-ethyl adjacent to an activating group) is 1. The SMILES string of the molecule is Cc1ccc2nc(N(CCN(C)C)C(=O)CCS(=O)(=O)c3ccc(Cl)cc3)sc2c1.Cl. The highest BCUT2D eigenvalue weighted by atomic mass is 35.5. The number of hydrogen-bond donors (Lipinski definition) is 0. The minimum Gasteiger partial charge on any atom is -0.308 e. The van der Waals surface area contributed by atoms with Gasteiger partial charge in [0.2, 0.25) is 5.91 Å². The Labute approximate surface area is 198 Å². The topological polar surface area (TPSA) is 70.6 Å². The number of carbonyl (C=O) groups excluding carboxylic acids is 1. The van der Waals surface area contributed by atoms with Gasteiger partial charge in [0.15, 0.2) is 15.0 Å². The molecule has 0 saturated carbocycles. The number of aryl methyl sites for hydroxylation is 1. The third-order valence-electron chi connectivity index (χ3n) is 4.59. The molecule has 1 aromatic heterocycles. The van der Waals surface area contributed by atoms with Crippen LogP contribution in [0.1, 0.15) is 12.0 Å². The molecule has 2 aromatic carbocycles. The molecule has 0 bridgehead atoms. The quantitative estimate of drug-likeness (QED) is 0.456. The van der Waals surface area contributed by atoms with E-state index in [1.807, 2.05) is 44.1 Å². The summed E-state index contributed by atoms with van der Waals surface area (Å²) >= 11 is 7.28. The van der Waals surface area contributed by atoms with Crippen LogP contribution in [0.25, 0.3) is 10.2 Å². The van der Waals surface area contributed by atoms with Crippen molar-refractivity contribution >= 4 is 66.4 Å². The monoisotopic (exact) mass is 501 g/mol. The lowest BCUT2D eigenvalue weighted by Gasteiger charge is -2.22. The van der Waals surface area contributed by atoms with Crippen molar-refractivity contribution < 1.29 is 13.2 Å². The summed E-state index contributed by atoms with van der Waals surface area (Å²) < 4.78 is 26.2. The van der Waals surface area contributed by atoms with Crippen LogP contribution >= 0.6 is 35.3 Å². The number of rotatable bonds is 8. The molecule has 1 heterocycles. The molecular weight excluding hydrogens is 477 g/mol. The van der Waals surface area contributed by atoms with Crippen LogP contribution in [0.4, 0.5) is 5.13 Å². The summed E-state index contributed by atoms with van der Waals surface area (Å²) in [7, 11) is 0.269. The number of benzene rings is 2. The highest BCUT2D eigenvalue weighted by molar-refractivity contribution is 7.91. The van der Waals surface area contributed by atoms with Gasteiger partial charge in [0.1, 0.15) is 0 Å². The molecule has 6 nitrogen and oxygen atoms in total. The van der Waals surface area contributed by atoms with Crippen molar-refractivity contribution in [3.8, 4) is 0 Å². The van der Waals surface area contributed by atoms with Gasteiger partial charge in [0.25, 0.3) is 0 Å². The number of amides is 1. The third kappa shape index (κ3) is 6.63. The van der Waals surface area contributed by atoms with E-state index in [0.29, 0.717) is 23.2 Å². The molecule has 0 radical (unpaired) electrons. The minimum atomic E-state index is -3.58. The number of sulfone groups is 1. The van der Waals surface area contributed by atoms with Crippen LogP contribution in [-0.4, -0.2) is 57.1 Å². The zero-order chi connectivity index (χ0) is 21.9. The molecule has 0 aliphatic carbocycles. The number of thiazole rings is 1. The van der Waals surface area contributed by atoms with Crippen LogP contribution in [0.15, 0.2) is 47.4 Å². The molecule has 31 heavy (non-hydrogen) atoms. The van der Waals surface area contributed by atoms with Crippen molar-refractivity contribution in [1.82, 2.24) is 9.88 Å². The van der Waals surface area contributed by atoms with Crippen molar-refractivity contribution in [2.24, 2.45) is 0 Å². The largest absolute Gasteiger partial charge is 0.308 e. The van der Waals surface area contributed by atoms with E-state index in [9.17, 15) is 13.2 Å². The molecule has 0 saturated heterocycles. The highest BCUT2D eigenvalue weighted by Crippen LogP contribution is 2.30. The Hall–Kier alpha value is -1.71. The number of aromatic nitrogens is 1. The molecule has 0 aliphatic heterocycles. The number of anilines is 1. The molecule has 10 heteroatoms. The summed E-state index contributed by atoms with van der Waals surface area (Å²) in [6.07, 6.45) is -0.118. The van der Waals surface area contributed by atoms with Crippen LogP contribution in [0.2, 0.25) is 5.02 Å². The minimum absolute atomic E-state index is 0. The van der Waals surface area contributed by atoms with Crippen LogP contribution in [-0.2, 0) is 14.6 Å². The molecule has 0 atom stereocenters. The van der Waals surface area contributed by atoms with Gasteiger partial charge in [0.05, 0.1) is 20.9 Å². The van der Waals surface area contributed by atoms with E-state index >= 15 is 0 Å². The second kappa shape index (κ2) is 10.7. The van der Waals surface area contributed by atoms with Gasteiger partial charge in [0, 0.05) is 24.5 Å². The number of fused-ring (bicyclic) bond motifs is 1. The second-order valence-electron chi connectivity index (χ2n) is 7.34. The smallest absolute Gasteiger partial charge is 0.229 e. The maximum absolute atomic E-state index is 13.0. The summed E-state index contributed by atoms with van der Waals surface area (Å²) in [5, 5.41) is 1.05. The fraction of sp³-hybridized carbons (Fsp3) is 0.333. The number of nitrogens with zero attached hydrogens (tertiary/aromatic N) is 3. The zero-order valence-corrected chi connectivity index (χ0v) is 20.7. The van der Waals surface area contributed by atoms with E-state index < -0.39 is 9.84 Å². The van der Waals surface area contributed by atoms with Crippen molar-refractivity contribution in [3.63, 3.8) is 0 Å². The lowest BCUT2D eigenvalue weighted by Crippen LogP contribution is -2.37. The molecule has 0 spiro atoms. The Kier molecular flexibility index (Phi) is 8.85. The molecule has 168 valence electrons. The summed E-state index contributed by atoms with van der Waals surface area (Å²) in [5.41, 5.74) is 1.95. The Bertz CT molecular complexity index is 1150. The molecular formula is C21H25Cl2N3O3S2. The van der Waals surface area contributed by atoms with E-state index in [1.54, 1.807) is 4.90 Å². The molecule has 0 fully saturated rings. The predicted octanol–water partition coefficient (Wildman–Crippen LogP) is 4.44. The third-order valence-corrected chi connectivity index (χ3v) is 7.62. The first-order valence-electron chi connectivity index (χ1n) is 9.46. The predicted molar refractivity (Wildman–Crippen MR) is 131 cm³/mol. The van der Waals surface area contributed by atoms with E-state index in [1.165, 1.54) is 35.6 Å². The first-order valence-corrected chi connectivity index (χ1v) is 12.3. The van der Waals surface area contributed by atoms with Gasteiger partial charge < -0.3 is 4.90 Å². The molecule has 1 amide bonds. The van der Waals surface area contributed by atoms with Crippen molar-refractivity contribution in [3.05, 3.63) is 53.1 Å². The lowest BCUT2D eigenvalue weighted by molar-refractivity contribution is -0.118. The van der Waals surface area contributed by atoms with Crippen LogP contribution in [0, 0.1) is 6.92 Å². The van der Waals surface area contributed by atoms with E-state index in [-0.39, 0.29) is 35.4 Å². The van der Waals surface area contributed by atoms with Crippen molar-refractivity contribution in [2.75, 3.05) is 37.8 Å². The van der Waals surface area contributed by atoms with Crippen molar-refractivity contribution in [2.45, 2.75) is 18.2 Å². The van der Waals surface area contributed by atoms with Crippen LogP contribution in [0.5, 0.6) is 0 Å². The first-order chi connectivity index (χ1) is 14.2. The van der Waals surface area contributed by atoms with Gasteiger partial charge in [-0.15, -0.1) is 12.4 Å².